The van der Waals surface area contributed by atoms with Crippen molar-refractivity contribution in [1.82, 2.24) is 4.57 Å². The monoisotopic (exact) mass is 426 g/mol. The summed E-state index contributed by atoms with van der Waals surface area (Å²) in [4.78, 5) is 11.9. The summed E-state index contributed by atoms with van der Waals surface area (Å²) in [7, 11) is -2.63. The zero-order valence-corrected chi connectivity index (χ0v) is 16.5. The number of ether oxygens (including phenoxy) is 1. The van der Waals surface area contributed by atoms with Crippen LogP contribution in [-0.2, 0) is 21.3 Å². The van der Waals surface area contributed by atoms with Gasteiger partial charge in [-0.3, -0.25) is 0 Å². The SMILES string of the molecule is C#CCn1c(=NS(=O)(=O)c2ccc(Cl)s2)sc2cc(C(=O)OC)ccc21. The van der Waals surface area contributed by atoms with Crippen molar-refractivity contribution in [1.29, 1.82) is 0 Å². The van der Waals surface area contributed by atoms with E-state index in [-0.39, 0.29) is 15.6 Å². The molecule has 0 amide bonds. The van der Waals surface area contributed by atoms with E-state index in [2.05, 4.69) is 10.3 Å². The molecule has 2 aromatic heterocycles. The number of nitrogens with zero attached hydrogens (tertiary/aromatic N) is 2. The van der Waals surface area contributed by atoms with E-state index in [0.717, 1.165) is 22.7 Å². The highest BCUT2D eigenvalue weighted by atomic mass is 35.5. The molecule has 0 aliphatic carbocycles. The standard InChI is InChI=1S/C16H11ClN2O4S3/c1-3-8-19-11-5-4-10(15(20)23-2)9-12(11)24-16(19)18-26(21,22)14-7-6-13(17)25-14/h1,4-7,9H,8H2,2H3. The first-order valence-corrected chi connectivity index (χ1v) is 10.5. The summed E-state index contributed by atoms with van der Waals surface area (Å²) in [6.45, 7) is 0.136. The minimum absolute atomic E-state index is 0.0439. The van der Waals surface area contributed by atoms with Gasteiger partial charge in [0.2, 0.25) is 4.80 Å². The lowest BCUT2D eigenvalue weighted by atomic mass is 10.2. The number of rotatable bonds is 4. The second-order valence-electron chi connectivity index (χ2n) is 4.97. The molecule has 0 fully saturated rings. The van der Waals surface area contributed by atoms with E-state index in [1.54, 1.807) is 22.8 Å². The Labute approximate surface area is 162 Å². The number of carbonyl (C=O) groups is 1. The Morgan fingerprint density at radius 1 is 1.35 bits per heavy atom. The number of hydrogen-bond donors (Lipinski definition) is 0. The Hall–Kier alpha value is -2.12. The molecule has 0 atom stereocenters. The minimum atomic E-state index is -3.92. The van der Waals surface area contributed by atoms with Crippen molar-refractivity contribution in [2.45, 2.75) is 10.8 Å². The molecule has 0 saturated carbocycles. The fourth-order valence-electron chi connectivity index (χ4n) is 2.22. The van der Waals surface area contributed by atoms with Crippen molar-refractivity contribution in [2.75, 3.05) is 7.11 Å². The molecule has 10 heteroatoms. The summed E-state index contributed by atoms with van der Waals surface area (Å²) < 4.78 is 36.3. The van der Waals surface area contributed by atoms with E-state index in [4.69, 9.17) is 22.8 Å². The van der Waals surface area contributed by atoms with E-state index in [1.165, 1.54) is 19.2 Å². The third-order valence-electron chi connectivity index (χ3n) is 3.35. The van der Waals surface area contributed by atoms with Crippen LogP contribution >= 0.6 is 34.3 Å². The summed E-state index contributed by atoms with van der Waals surface area (Å²) in [6.07, 6.45) is 5.41. The second-order valence-corrected chi connectivity index (χ2v) is 9.53. The summed E-state index contributed by atoms with van der Waals surface area (Å²) >= 11 is 7.86. The van der Waals surface area contributed by atoms with Gasteiger partial charge in [0.05, 0.1) is 33.8 Å². The fraction of sp³-hybridized carbons (Fsp3) is 0.125. The van der Waals surface area contributed by atoms with Gasteiger partial charge in [-0.1, -0.05) is 28.9 Å². The number of methoxy groups -OCH3 is 1. The van der Waals surface area contributed by atoms with Gasteiger partial charge in [0.1, 0.15) is 4.21 Å². The molecule has 6 nitrogen and oxygen atoms in total. The summed E-state index contributed by atoms with van der Waals surface area (Å²) in [5.74, 6) is 2.00. The average molecular weight is 427 g/mol. The molecule has 0 saturated heterocycles. The molecule has 134 valence electrons. The van der Waals surface area contributed by atoms with Crippen LogP contribution in [0.5, 0.6) is 0 Å². The molecule has 0 spiro atoms. The van der Waals surface area contributed by atoms with Crippen molar-refractivity contribution in [3.63, 3.8) is 0 Å². The lowest BCUT2D eigenvalue weighted by Gasteiger charge is -2.01. The molecule has 0 aliphatic heterocycles. The van der Waals surface area contributed by atoms with Crippen LogP contribution in [0.1, 0.15) is 10.4 Å². The van der Waals surface area contributed by atoms with E-state index in [0.29, 0.717) is 20.1 Å². The van der Waals surface area contributed by atoms with E-state index in [1.807, 2.05) is 0 Å². The average Bonchev–Trinajstić information content (AvgIpc) is 3.18. The lowest BCUT2D eigenvalue weighted by molar-refractivity contribution is 0.0601. The molecule has 3 rings (SSSR count). The number of esters is 1. The van der Waals surface area contributed by atoms with Gasteiger partial charge in [-0.15, -0.1) is 22.2 Å². The van der Waals surface area contributed by atoms with Crippen LogP contribution in [0, 0.1) is 12.3 Å². The highest BCUT2D eigenvalue weighted by Crippen LogP contribution is 2.27. The van der Waals surface area contributed by atoms with Gasteiger partial charge in [-0.2, -0.15) is 8.42 Å². The molecule has 0 N–H and O–H groups in total. The van der Waals surface area contributed by atoms with Crippen molar-refractivity contribution in [2.24, 2.45) is 4.40 Å². The fourth-order valence-corrected chi connectivity index (χ4v) is 5.95. The van der Waals surface area contributed by atoms with Crippen LogP contribution in [0.25, 0.3) is 10.2 Å². The Morgan fingerprint density at radius 2 is 2.12 bits per heavy atom. The minimum Gasteiger partial charge on any atom is -0.465 e. The maximum absolute atomic E-state index is 12.5. The molecule has 26 heavy (non-hydrogen) atoms. The smallest absolute Gasteiger partial charge is 0.337 e. The maximum atomic E-state index is 12.5. The van der Waals surface area contributed by atoms with Crippen LogP contribution in [0.2, 0.25) is 4.34 Å². The number of fused-ring (bicyclic) bond motifs is 1. The molecule has 0 radical (unpaired) electrons. The number of aromatic nitrogens is 1. The second kappa shape index (κ2) is 7.25. The zero-order chi connectivity index (χ0) is 18.9. The summed E-state index contributed by atoms with van der Waals surface area (Å²) in [6, 6.07) is 7.79. The number of thiazole rings is 1. The van der Waals surface area contributed by atoms with Crippen molar-refractivity contribution in [3.05, 3.63) is 45.0 Å². The van der Waals surface area contributed by atoms with Crippen LogP contribution in [0.15, 0.2) is 38.9 Å². The number of halogens is 1. The van der Waals surface area contributed by atoms with Gasteiger partial charge in [0.15, 0.2) is 0 Å². The highest BCUT2D eigenvalue weighted by Gasteiger charge is 2.17. The van der Waals surface area contributed by atoms with Crippen LogP contribution in [0.4, 0.5) is 0 Å². The van der Waals surface area contributed by atoms with Crippen molar-refractivity contribution >= 4 is 60.5 Å². The Bertz CT molecular complexity index is 1210. The molecule has 0 unspecified atom stereocenters. The van der Waals surface area contributed by atoms with E-state index >= 15 is 0 Å². The van der Waals surface area contributed by atoms with Crippen molar-refractivity contribution < 1.29 is 17.9 Å². The highest BCUT2D eigenvalue weighted by molar-refractivity contribution is 7.92. The number of benzene rings is 1. The third kappa shape index (κ3) is 3.54. The first kappa shape index (κ1) is 18.7. The zero-order valence-electron chi connectivity index (χ0n) is 13.3. The van der Waals surface area contributed by atoms with Gasteiger partial charge in [0.25, 0.3) is 10.0 Å². The van der Waals surface area contributed by atoms with Crippen LogP contribution in [0.3, 0.4) is 0 Å². The number of hydrogen-bond acceptors (Lipinski definition) is 6. The third-order valence-corrected chi connectivity index (χ3v) is 7.48. The Kier molecular flexibility index (Phi) is 5.20. The molecule has 3 aromatic rings. The van der Waals surface area contributed by atoms with Crippen LogP contribution in [-0.4, -0.2) is 26.1 Å². The van der Waals surface area contributed by atoms with Gasteiger partial charge in [0, 0.05) is 0 Å². The molecule has 0 aliphatic rings. The molecule has 2 heterocycles. The largest absolute Gasteiger partial charge is 0.465 e. The maximum Gasteiger partial charge on any atom is 0.337 e. The number of thiophene rings is 1. The summed E-state index contributed by atoms with van der Waals surface area (Å²) in [5.41, 5.74) is 1.03. The number of sulfonamides is 1. The number of carbonyl (C=O) groups excluding carboxylic acids is 1. The quantitative estimate of drug-likeness (QED) is 0.474. The Morgan fingerprint density at radius 3 is 2.73 bits per heavy atom. The van der Waals surface area contributed by atoms with E-state index in [9.17, 15) is 13.2 Å². The van der Waals surface area contributed by atoms with Gasteiger partial charge in [-0.25, -0.2) is 4.79 Å². The predicted octanol–water partition coefficient (Wildman–Crippen LogP) is 3.13. The molecular weight excluding hydrogens is 416 g/mol. The molecule has 1 aromatic carbocycles. The van der Waals surface area contributed by atoms with Gasteiger partial charge >= 0.3 is 5.97 Å². The summed E-state index contributed by atoms with van der Waals surface area (Å²) in [5, 5.41) is 0. The lowest BCUT2D eigenvalue weighted by Crippen LogP contribution is -2.16. The van der Waals surface area contributed by atoms with Crippen molar-refractivity contribution in [3.8, 4) is 12.3 Å². The molecule has 0 bridgehead atoms. The predicted molar refractivity (Wildman–Crippen MR) is 102 cm³/mol. The van der Waals surface area contributed by atoms with E-state index < -0.39 is 16.0 Å². The van der Waals surface area contributed by atoms with Gasteiger partial charge in [-0.05, 0) is 30.3 Å². The Balaban J connectivity index is 2.23. The topological polar surface area (TPSA) is 77.7 Å². The first-order chi connectivity index (χ1) is 12.4. The van der Waals surface area contributed by atoms with Crippen LogP contribution < -0.4 is 4.80 Å². The normalized spacial score (nSPS) is 12.3. The molecular formula is C16H11ClN2O4S3. The van der Waals surface area contributed by atoms with Gasteiger partial charge < -0.3 is 9.30 Å². The number of terminal acetylenes is 1. The first-order valence-electron chi connectivity index (χ1n) is 7.07.